The van der Waals surface area contributed by atoms with Crippen LogP contribution in [0.25, 0.3) is 0 Å². The van der Waals surface area contributed by atoms with Crippen molar-refractivity contribution in [3.63, 3.8) is 0 Å². The molecule has 2 aliphatic heterocycles. The van der Waals surface area contributed by atoms with Crippen molar-refractivity contribution in [3.8, 4) is 0 Å². The summed E-state index contributed by atoms with van der Waals surface area (Å²) in [5, 5.41) is 6.67. The number of hydrogen-bond acceptors (Lipinski definition) is 4. The first kappa shape index (κ1) is 27.5. The van der Waals surface area contributed by atoms with Crippen molar-refractivity contribution in [1.82, 2.24) is 10.2 Å². The molecular weight excluding hydrogens is 498 g/mol. The predicted octanol–water partition coefficient (Wildman–Crippen LogP) is 6.44. The first-order chi connectivity index (χ1) is 19.5. The molecule has 40 heavy (non-hydrogen) atoms. The van der Waals surface area contributed by atoms with Gasteiger partial charge in [-0.05, 0) is 54.4 Å². The van der Waals surface area contributed by atoms with E-state index in [4.69, 9.17) is 4.74 Å². The summed E-state index contributed by atoms with van der Waals surface area (Å²) in [6.45, 7) is 6.43. The van der Waals surface area contributed by atoms with E-state index < -0.39 is 5.60 Å². The largest absolute Gasteiger partial charge is 0.446 e. The van der Waals surface area contributed by atoms with E-state index in [0.717, 1.165) is 47.3 Å². The zero-order valence-corrected chi connectivity index (χ0v) is 23.5. The Morgan fingerprint density at radius 3 is 2.42 bits per heavy atom. The number of hydrogen-bond donors (Lipinski definition) is 2. The summed E-state index contributed by atoms with van der Waals surface area (Å²) in [5.74, 6) is 0.0626. The molecule has 2 amide bonds. The fourth-order valence-electron chi connectivity index (χ4n) is 5.90. The number of ether oxygens (including phenoxy) is 1. The Bertz CT molecular complexity index is 1350. The van der Waals surface area contributed by atoms with Gasteiger partial charge in [-0.1, -0.05) is 92.7 Å². The van der Waals surface area contributed by atoms with E-state index >= 15 is 0 Å². The van der Waals surface area contributed by atoms with E-state index in [-0.39, 0.29) is 12.0 Å². The molecule has 2 aliphatic rings. The van der Waals surface area contributed by atoms with Crippen molar-refractivity contribution < 1.29 is 14.3 Å². The van der Waals surface area contributed by atoms with Gasteiger partial charge >= 0.3 is 12.0 Å². The smallest absolute Gasteiger partial charge is 0.335 e. The zero-order valence-electron chi connectivity index (χ0n) is 23.5. The molecule has 208 valence electrons. The molecule has 0 saturated heterocycles. The zero-order chi connectivity index (χ0) is 28.0. The fraction of sp³-hybridized carbons (Fsp3) is 0.353. The molecule has 0 fully saturated rings. The molecule has 0 aliphatic carbocycles. The number of urea groups is 1. The van der Waals surface area contributed by atoms with Crippen LogP contribution >= 0.6 is 0 Å². The standard InChI is InChI=1S/C34H39N3O3/c1-25(2)22-34(28-16-7-4-8-17-28)30-24-37(21-19-29(30)32(38)40-34)33(39)36-23-27-15-9-10-18-31(27)35-20-11-14-26-12-5-3-6-13-26/h3-10,12-13,15-18,25,35H,11,14,19-24H2,1-2H3,(H,36,39). The number of amides is 2. The van der Waals surface area contributed by atoms with Gasteiger partial charge < -0.3 is 20.3 Å². The van der Waals surface area contributed by atoms with Crippen LogP contribution in [0.15, 0.2) is 96.1 Å². The number of nitrogens with one attached hydrogen (secondary N) is 2. The monoisotopic (exact) mass is 537 g/mol. The molecule has 1 unspecified atom stereocenters. The van der Waals surface area contributed by atoms with Gasteiger partial charge in [0.25, 0.3) is 0 Å². The van der Waals surface area contributed by atoms with Crippen LogP contribution in [0.4, 0.5) is 10.5 Å². The van der Waals surface area contributed by atoms with Crippen LogP contribution in [-0.2, 0) is 28.1 Å². The van der Waals surface area contributed by atoms with Gasteiger partial charge in [0, 0.05) is 43.0 Å². The van der Waals surface area contributed by atoms with Crippen molar-refractivity contribution >= 4 is 17.7 Å². The number of benzene rings is 3. The second-order valence-corrected chi connectivity index (χ2v) is 11.1. The maximum atomic E-state index is 13.4. The first-order valence-corrected chi connectivity index (χ1v) is 14.4. The topological polar surface area (TPSA) is 70.7 Å². The lowest BCUT2D eigenvalue weighted by Gasteiger charge is -2.37. The number of esters is 1. The van der Waals surface area contributed by atoms with Crippen molar-refractivity contribution in [2.75, 3.05) is 25.0 Å². The normalized spacial score (nSPS) is 18.5. The maximum Gasteiger partial charge on any atom is 0.335 e. The van der Waals surface area contributed by atoms with Crippen molar-refractivity contribution in [3.05, 3.63) is 113 Å². The molecule has 0 spiro atoms. The summed E-state index contributed by atoms with van der Waals surface area (Å²) in [7, 11) is 0. The Hall–Kier alpha value is -4.06. The van der Waals surface area contributed by atoms with Gasteiger partial charge in [0.05, 0.1) is 0 Å². The summed E-state index contributed by atoms with van der Waals surface area (Å²) in [5.41, 5.74) is 5.23. The van der Waals surface area contributed by atoms with E-state index in [9.17, 15) is 9.59 Å². The average molecular weight is 538 g/mol. The number of nitrogens with zero attached hydrogens (tertiary/aromatic N) is 1. The lowest BCUT2D eigenvalue weighted by atomic mass is 9.77. The third kappa shape index (κ3) is 6.06. The van der Waals surface area contributed by atoms with Crippen LogP contribution < -0.4 is 10.6 Å². The van der Waals surface area contributed by atoms with Gasteiger partial charge in [0.2, 0.25) is 0 Å². The van der Waals surface area contributed by atoms with Gasteiger partial charge in [-0.3, -0.25) is 0 Å². The number of aryl methyl sites for hydroxylation is 1. The Labute approximate surface area is 237 Å². The fourth-order valence-corrected chi connectivity index (χ4v) is 5.90. The van der Waals surface area contributed by atoms with Gasteiger partial charge in [-0.2, -0.15) is 0 Å². The van der Waals surface area contributed by atoms with Crippen LogP contribution in [0.5, 0.6) is 0 Å². The molecule has 2 N–H and O–H groups in total. The molecule has 5 rings (SSSR count). The van der Waals surface area contributed by atoms with Crippen molar-refractivity contribution in [2.24, 2.45) is 5.92 Å². The van der Waals surface area contributed by atoms with Gasteiger partial charge in [0.15, 0.2) is 5.60 Å². The Balaban J connectivity index is 1.23. The van der Waals surface area contributed by atoms with E-state index in [1.165, 1.54) is 5.56 Å². The van der Waals surface area contributed by atoms with Gasteiger partial charge in [-0.15, -0.1) is 0 Å². The Morgan fingerprint density at radius 1 is 0.975 bits per heavy atom. The molecule has 0 saturated carbocycles. The summed E-state index contributed by atoms with van der Waals surface area (Å²) in [4.78, 5) is 28.2. The third-order valence-electron chi connectivity index (χ3n) is 7.82. The molecule has 3 aromatic carbocycles. The minimum atomic E-state index is -0.822. The van der Waals surface area contributed by atoms with Crippen molar-refractivity contribution in [1.29, 1.82) is 0 Å². The second kappa shape index (κ2) is 12.4. The summed E-state index contributed by atoms with van der Waals surface area (Å²) >= 11 is 0. The van der Waals surface area contributed by atoms with E-state index in [2.05, 4.69) is 54.8 Å². The van der Waals surface area contributed by atoms with Crippen LogP contribution in [0, 0.1) is 5.92 Å². The van der Waals surface area contributed by atoms with Crippen LogP contribution in [0.1, 0.15) is 49.8 Å². The van der Waals surface area contributed by atoms with Gasteiger partial charge in [0.1, 0.15) is 0 Å². The molecule has 3 aromatic rings. The molecule has 0 bridgehead atoms. The lowest BCUT2D eigenvalue weighted by molar-refractivity contribution is -0.149. The first-order valence-electron chi connectivity index (χ1n) is 14.4. The highest BCUT2D eigenvalue weighted by atomic mass is 16.6. The lowest BCUT2D eigenvalue weighted by Crippen LogP contribution is -2.46. The summed E-state index contributed by atoms with van der Waals surface area (Å²) in [6.07, 6.45) is 3.23. The molecule has 6 heteroatoms. The Kier molecular flexibility index (Phi) is 8.54. The number of carbonyl (C=O) groups is 2. The Morgan fingerprint density at radius 2 is 1.68 bits per heavy atom. The van der Waals surface area contributed by atoms with E-state index in [1.54, 1.807) is 0 Å². The quantitative estimate of drug-likeness (QED) is 0.231. The number of para-hydroxylation sites is 1. The highest BCUT2D eigenvalue weighted by molar-refractivity contribution is 5.94. The number of carbonyl (C=O) groups excluding carboxylic acids is 2. The SMILES string of the molecule is CC(C)CC1(c2ccccc2)OC(=O)C2=C1CN(C(=O)NCc1ccccc1NCCCc1ccccc1)CC2. The highest BCUT2D eigenvalue weighted by Crippen LogP contribution is 2.48. The molecular formula is C34H39N3O3. The van der Waals surface area contributed by atoms with Gasteiger partial charge in [-0.25, -0.2) is 9.59 Å². The summed E-state index contributed by atoms with van der Waals surface area (Å²) < 4.78 is 6.16. The second-order valence-electron chi connectivity index (χ2n) is 11.1. The van der Waals surface area contributed by atoms with E-state index in [0.29, 0.717) is 38.4 Å². The molecule has 1 atom stereocenters. The average Bonchev–Trinajstić information content (AvgIpc) is 3.26. The summed E-state index contributed by atoms with van der Waals surface area (Å²) in [6, 6.07) is 28.4. The number of cyclic esters (lactones) is 1. The number of anilines is 1. The van der Waals surface area contributed by atoms with Crippen LogP contribution in [0.3, 0.4) is 0 Å². The van der Waals surface area contributed by atoms with E-state index in [1.807, 2.05) is 59.5 Å². The number of rotatable bonds is 10. The molecule has 0 radical (unpaired) electrons. The molecule has 2 heterocycles. The maximum absolute atomic E-state index is 13.4. The highest BCUT2D eigenvalue weighted by Gasteiger charge is 2.50. The third-order valence-corrected chi connectivity index (χ3v) is 7.82. The van der Waals surface area contributed by atoms with Crippen molar-refractivity contribution in [2.45, 2.75) is 51.7 Å². The van der Waals surface area contributed by atoms with Crippen LogP contribution in [0.2, 0.25) is 0 Å². The molecule has 0 aromatic heterocycles. The minimum absolute atomic E-state index is 0.128. The van der Waals surface area contributed by atoms with Crippen LogP contribution in [-0.4, -0.2) is 36.5 Å². The molecule has 6 nitrogen and oxygen atoms in total. The minimum Gasteiger partial charge on any atom is -0.446 e. The predicted molar refractivity (Wildman–Crippen MR) is 159 cm³/mol.